The summed E-state index contributed by atoms with van der Waals surface area (Å²) >= 11 is 3.42. The molecule has 0 unspecified atom stereocenters. The van der Waals surface area contributed by atoms with Crippen molar-refractivity contribution in [2.45, 2.75) is 13.8 Å². The monoisotopic (exact) mass is 254 g/mol. The fraction of sp³-hybridized carbons (Fsp3) is 0.333. The zero-order valence-electron chi connectivity index (χ0n) is 8.59. The number of alkyl halides is 1. The molecule has 0 radical (unpaired) electrons. The Morgan fingerprint density at radius 1 is 1.36 bits per heavy atom. The topological polar surface area (TPSA) is 9.23 Å². The average molecular weight is 255 g/mol. The summed E-state index contributed by atoms with van der Waals surface area (Å²) in [7, 11) is 0. The molecule has 2 heteroatoms. The predicted octanol–water partition coefficient (Wildman–Crippen LogP) is 3.88. The molecule has 76 valence electrons. The van der Waals surface area contributed by atoms with Crippen LogP contribution < -0.4 is 4.74 Å². The number of halogens is 1. The van der Waals surface area contributed by atoms with Crippen LogP contribution in [0.15, 0.2) is 29.8 Å². The van der Waals surface area contributed by atoms with Crippen LogP contribution in [0, 0.1) is 0 Å². The van der Waals surface area contributed by atoms with Crippen LogP contribution in [0.3, 0.4) is 0 Å². The van der Waals surface area contributed by atoms with Crippen molar-refractivity contribution in [2.75, 3.05) is 11.9 Å². The van der Waals surface area contributed by atoms with Crippen LogP contribution in [0.1, 0.15) is 19.4 Å². The molecule has 0 aliphatic carbocycles. The van der Waals surface area contributed by atoms with E-state index in [-0.39, 0.29) is 0 Å². The van der Waals surface area contributed by atoms with Crippen LogP contribution >= 0.6 is 15.9 Å². The van der Waals surface area contributed by atoms with E-state index in [9.17, 15) is 0 Å². The molecule has 0 atom stereocenters. The van der Waals surface area contributed by atoms with Crippen molar-refractivity contribution in [1.29, 1.82) is 0 Å². The highest BCUT2D eigenvalue weighted by atomic mass is 79.9. The van der Waals surface area contributed by atoms with Gasteiger partial charge in [0.05, 0.1) is 6.61 Å². The molecule has 1 rings (SSSR count). The Morgan fingerprint density at radius 2 is 2.00 bits per heavy atom. The maximum Gasteiger partial charge on any atom is 0.119 e. The molecule has 0 spiro atoms. The third kappa shape index (κ3) is 3.54. The summed E-state index contributed by atoms with van der Waals surface area (Å²) in [6.45, 7) is 4.81. The zero-order chi connectivity index (χ0) is 10.4. The van der Waals surface area contributed by atoms with E-state index in [4.69, 9.17) is 4.74 Å². The van der Waals surface area contributed by atoms with Gasteiger partial charge in [0.15, 0.2) is 0 Å². The molecular weight excluding hydrogens is 240 g/mol. The van der Waals surface area contributed by atoms with Crippen molar-refractivity contribution >= 4 is 22.0 Å². The summed E-state index contributed by atoms with van der Waals surface area (Å²) in [5.74, 6) is 0.932. The molecule has 14 heavy (non-hydrogen) atoms. The number of hydrogen-bond acceptors (Lipinski definition) is 1. The molecule has 1 nitrogen and oxygen atoms in total. The summed E-state index contributed by atoms with van der Waals surface area (Å²) in [4.78, 5) is 0. The Balaban J connectivity index is 2.73. The summed E-state index contributed by atoms with van der Waals surface area (Å²) < 4.78 is 5.36. The second kappa shape index (κ2) is 5.86. The second-order valence-corrected chi connectivity index (χ2v) is 3.69. The highest BCUT2D eigenvalue weighted by molar-refractivity contribution is 9.09. The van der Waals surface area contributed by atoms with E-state index in [1.54, 1.807) is 0 Å². The van der Waals surface area contributed by atoms with Gasteiger partial charge in [-0.25, -0.2) is 0 Å². The Labute approximate surface area is 93.9 Å². The van der Waals surface area contributed by atoms with Crippen molar-refractivity contribution in [3.63, 3.8) is 0 Å². The van der Waals surface area contributed by atoms with Gasteiger partial charge in [-0.2, -0.15) is 0 Å². The summed E-state index contributed by atoms with van der Waals surface area (Å²) in [6.07, 6.45) is 2.16. The Morgan fingerprint density at radius 3 is 2.50 bits per heavy atom. The summed E-state index contributed by atoms with van der Waals surface area (Å²) in [5.41, 5.74) is 2.53. The Kier molecular flexibility index (Phi) is 4.74. The molecule has 0 aliphatic rings. The van der Waals surface area contributed by atoms with Crippen molar-refractivity contribution in [1.82, 2.24) is 0 Å². The first-order valence-corrected chi connectivity index (χ1v) is 5.84. The molecule has 0 saturated carbocycles. The van der Waals surface area contributed by atoms with Gasteiger partial charge < -0.3 is 4.74 Å². The van der Waals surface area contributed by atoms with E-state index in [1.807, 2.05) is 19.1 Å². The van der Waals surface area contributed by atoms with Crippen molar-refractivity contribution < 1.29 is 4.74 Å². The number of benzene rings is 1. The standard InChI is InChI=1S/C12H15BrO/c1-3-14-12-6-4-11(5-7-12)8-10(2)9-13/h4-8H,3,9H2,1-2H3. The molecule has 0 bridgehead atoms. The van der Waals surface area contributed by atoms with E-state index >= 15 is 0 Å². The van der Waals surface area contributed by atoms with Gasteiger partial charge in [0, 0.05) is 5.33 Å². The predicted molar refractivity (Wildman–Crippen MR) is 65.1 cm³/mol. The van der Waals surface area contributed by atoms with E-state index in [1.165, 1.54) is 11.1 Å². The maximum atomic E-state index is 5.36. The first-order chi connectivity index (χ1) is 6.76. The minimum absolute atomic E-state index is 0.718. The van der Waals surface area contributed by atoms with Gasteiger partial charge in [-0.1, -0.05) is 39.7 Å². The first-order valence-electron chi connectivity index (χ1n) is 4.72. The minimum atomic E-state index is 0.718. The van der Waals surface area contributed by atoms with Gasteiger partial charge in [-0.3, -0.25) is 0 Å². The lowest BCUT2D eigenvalue weighted by Crippen LogP contribution is -1.90. The molecule has 0 aromatic heterocycles. The van der Waals surface area contributed by atoms with E-state index in [0.29, 0.717) is 0 Å². The molecule has 1 aromatic rings. The zero-order valence-corrected chi connectivity index (χ0v) is 10.2. The van der Waals surface area contributed by atoms with E-state index < -0.39 is 0 Å². The summed E-state index contributed by atoms with van der Waals surface area (Å²) in [6, 6.07) is 8.13. The van der Waals surface area contributed by atoms with Crippen molar-refractivity contribution in [3.05, 3.63) is 35.4 Å². The van der Waals surface area contributed by atoms with Crippen LogP contribution in [0.2, 0.25) is 0 Å². The van der Waals surface area contributed by atoms with E-state index in [0.717, 1.165) is 17.7 Å². The molecule has 0 heterocycles. The lowest BCUT2D eigenvalue weighted by atomic mass is 10.1. The SMILES string of the molecule is CCOc1ccc(C=C(C)CBr)cc1. The summed E-state index contributed by atoms with van der Waals surface area (Å²) in [5, 5.41) is 0.917. The number of hydrogen-bond donors (Lipinski definition) is 0. The normalized spacial score (nSPS) is 11.5. The number of allylic oxidation sites excluding steroid dienone is 1. The third-order valence-corrected chi connectivity index (χ3v) is 2.70. The molecule has 0 saturated heterocycles. The highest BCUT2D eigenvalue weighted by Crippen LogP contribution is 2.14. The maximum absolute atomic E-state index is 5.36. The average Bonchev–Trinajstić information content (AvgIpc) is 2.21. The van der Waals surface area contributed by atoms with Gasteiger partial charge in [0.2, 0.25) is 0 Å². The lowest BCUT2D eigenvalue weighted by molar-refractivity contribution is 0.340. The van der Waals surface area contributed by atoms with E-state index in [2.05, 4.69) is 41.1 Å². The largest absolute Gasteiger partial charge is 0.494 e. The Bertz CT molecular complexity index is 301. The lowest BCUT2D eigenvalue weighted by Gasteiger charge is -2.02. The van der Waals surface area contributed by atoms with Gasteiger partial charge in [-0.15, -0.1) is 0 Å². The van der Waals surface area contributed by atoms with Crippen molar-refractivity contribution in [2.24, 2.45) is 0 Å². The molecule has 0 N–H and O–H groups in total. The van der Waals surface area contributed by atoms with Crippen LogP contribution in [-0.2, 0) is 0 Å². The molecule has 0 amide bonds. The number of rotatable bonds is 4. The van der Waals surface area contributed by atoms with Gasteiger partial charge in [0.25, 0.3) is 0 Å². The quantitative estimate of drug-likeness (QED) is 0.742. The minimum Gasteiger partial charge on any atom is -0.494 e. The van der Waals surface area contributed by atoms with Crippen molar-refractivity contribution in [3.8, 4) is 5.75 Å². The molecule has 1 aromatic carbocycles. The fourth-order valence-electron chi connectivity index (χ4n) is 1.15. The van der Waals surface area contributed by atoms with Crippen LogP contribution in [0.5, 0.6) is 5.75 Å². The number of ether oxygens (including phenoxy) is 1. The second-order valence-electron chi connectivity index (χ2n) is 3.13. The van der Waals surface area contributed by atoms with Gasteiger partial charge in [0.1, 0.15) is 5.75 Å². The smallest absolute Gasteiger partial charge is 0.119 e. The molecule has 0 fully saturated rings. The fourth-order valence-corrected chi connectivity index (χ4v) is 1.31. The first kappa shape index (κ1) is 11.3. The van der Waals surface area contributed by atoms with Gasteiger partial charge in [-0.05, 0) is 31.5 Å². The van der Waals surface area contributed by atoms with Crippen LogP contribution in [0.25, 0.3) is 6.08 Å². The third-order valence-electron chi connectivity index (χ3n) is 1.81. The molecular formula is C12H15BrO. The Hall–Kier alpha value is -0.760. The van der Waals surface area contributed by atoms with Crippen LogP contribution in [-0.4, -0.2) is 11.9 Å². The molecule has 0 aliphatic heterocycles. The van der Waals surface area contributed by atoms with Crippen LogP contribution in [0.4, 0.5) is 0 Å². The highest BCUT2D eigenvalue weighted by Gasteiger charge is 1.92. The van der Waals surface area contributed by atoms with Gasteiger partial charge >= 0.3 is 0 Å².